The Hall–Kier alpha value is -1.25. The van der Waals surface area contributed by atoms with Crippen molar-refractivity contribution in [1.29, 1.82) is 0 Å². The maximum atomic E-state index is 12.4. The molecule has 1 aromatic carbocycles. The molecule has 130 valence electrons. The molecule has 0 radical (unpaired) electrons. The predicted molar refractivity (Wildman–Crippen MR) is 84.6 cm³/mol. The van der Waals surface area contributed by atoms with Gasteiger partial charge < -0.3 is 10.2 Å². The first kappa shape index (κ1) is 19.8. The number of amides is 1. The number of nitrogens with one attached hydrogen (secondary N) is 1. The van der Waals surface area contributed by atoms with Gasteiger partial charge in [0.1, 0.15) is 0 Å². The van der Waals surface area contributed by atoms with Gasteiger partial charge in [-0.25, -0.2) is 8.42 Å². The molecule has 9 heteroatoms. The minimum absolute atomic E-state index is 0. The third-order valence-electron chi connectivity index (χ3n) is 3.66. The monoisotopic (exact) mass is 368 g/mol. The Bertz CT molecular complexity index is 638. The van der Waals surface area contributed by atoms with E-state index in [0.29, 0.717) is 12.1 Å². The second-order valence-electron chi connectivity index (χ2n) is 5.27. The van der Waals surface area contributed by atoms with Crippen LogP contribution in [-0.4, -0.2) is 50.7 Å². The number of hydrogen-bond acceptors (Lipinski definition) is 4. The Morgan fingerprint density at radius 3 is 2.48 bits per heavy atom. The molecule has 2 rings (SSSR count). The predicted octanol–water partition coefficient (Wildman–Crippen LogP) is 1.47. The highest BCUT2D eigenvalue weighted by atomic mass is 35.5. The van der Waals surface area contributed by atoms with E-state index in [1.165, 1.54) is 12.1 Å². The molecule has 1 aliphatic heterocycles. The molecule has 1 aliphatic rings. The molecule has 0 unspecified atom stereocenters. The van der Waals surface area contributed by atoms with Gasteiger partial charge in [-0.2, -0.15) is 8.78 Å². The summed E-state index contributed by atoms with van der Waals surface area (Å²) in [6.45, 7) is 4.04. The first-order chi connectivity index (χ1) is 10.3. The van der Waals surface area contributed by atoms with Crippen LogP contribution in [0.1, 0.15) is 12.5 Å². The van der Waals surface area contributed by atoms with Crippen LogP contribution in [0.4, 0.5) is 8.78 Å². The molecule has 5 nitrogen and oxygen atoms in total. The fraction of sp³-hybridized carbons (Fsp3) is 0.500. The van der Waals surface area contributed by atoms with E-state index in [4.69, 9.17) is 0 Å². The van der Waals surface area contributed by atoms with Crippen LogP contribution in [0.15, 0.2) is 29.2 Å². The molecule has 0 spiro atoms. The fourth-order valence-corrected chi connectivity index (χ4v) is 3.11. The van der Waals surface area contributed by atoms with Crippen molar-refractivity contribution in [2.24, 2.45) is 0 Å². The number of alkyl halides is 2. The van der Waals surface area contributed by atoms with Gasteiger partial charge in [0.2, 0.25) is 15.7 Å². The average Bonchev–Trinajstić information content (AvgIpc) is 2.48. The Morgan fingerprint density at radius 2 is 1.96 bits per heavy atom. The topological polar surface area (TPSA) is 66.5 Å². The van der Waals surface area contributed by atoms with Gasteiger partial charge in [0.25, 0.3) is 0 Å². The number of carbonyl (C=O) groups excluding carboxylic acids is 1. The van der Waals surface area contributed by atoms with Gasteiger partial charge in [-0.15, -0.1) is 12.4 Å². The highest BCUT2D eigenvalue weighted by Gasteiger charge is 2.27. The van der Waals surface area contributed by atoms with Crippen LogP contribution in [0.5, 0.6) is 0 Å². The minimum atomic E-state index is -4.59. The van der Waals surface area contributed by atoms with Crippen LogP contribution in [-0.2, 0) is 21.1 Å². The van der Waals surface area contributed by atoms with E-state index < -0.39 is 20.5 Å². The molecule has 23 heavy (non-hydrogen) atoms. The molecule has 1 aromatic rings. The summed E-state index contributed by atoms with van der Waals surface area (Å²) in [5.41, 5.74) is 0.601. The first-order valence-electron chi connectivity index (χ1n) is 6.93. The second kappa shape index (κ2) is 8.03. The van der Waals surface area contributed by atoms with Crippen molar-refractivity contribution in [3.8, 4) is 0 Å². The lowest BCUT2D eigenvalue weighted by molar-refractivity contribution is -0.133. The molecule has 0 bridgehead atoms. The summed E-state index contributed by atoms with van der Waals surface area (Å²) < 4.78 is 47.5. The van der Waals surface area contributed by atoms with Crippen LogP contribution in [0.3, 0.4) is 0 Å². The van der Waals surface area contributed by atoms with Gasteiger partial charge in [-0.3, -0.25) is 4.79 Å². The van der Waals surface area contributed by atoms with E-state index in [-0.39, 0.29) is 30.8 Å². The zero-order chi connectivity index (χ0) is 16.3. The molecule has 1 saturated heterocycles. The van der Waals surface area contributed by atoms with Crippen molar-refractivity contribution in [3.63, 3.8) is 0 Å². The summed E-state index contributed by atoms with van der Waals surface area (Å²) in [5.74, 6) is -3.50. The molecule has 0 aliphatic carbocycles. The van der Waals surface area contributed by atoms with Gasteiger partial charge >= 0.3 is 5.76 Å². The smallest absolute Gasteiger partial charge is 0.337 e. The van der Waals surface area contributed by atoms with Crippen molar-refractivity contribution in [3.05, 3.63) is 29.8 Å². The molecular weight excluding hydrogens is 350 g/mol. The maximum absolute atomic E-state index is 12.4. The molecule has 1 amide bonds. The van der Waals surface area contributed by atoms with E-state index >= 15 is 0 Å². The van der Waals surface area contributed by atoms with Gasteiger partial charge in [-0.1, -0.05) is 12.1 Å². The summed E-state index contributed by atoms with van der Waals surface area (Å²) in [4.78, 5) is 13.6. The van der Waals surface area contributed by atoms with Crippen molar-refractivity contribution in [2.75, 3.05) is 19.6 Å². The first-order valence-corrected chi connectivity index (χ1v) is 8.48. The molecule has 1 atom stereocenters. The zero-order valence-electron chi connectivity index (χ0n) is 12.5. The van der Waals surface area contributed by atoms with E-state index in [1.54, 1.807) is 4.90 Å². The lowest BCUT2D eigenvalue weighted by atomic mass is 10.1. The third-order valence-corrected chi connectivity index (χ3v) is 5.06. The number of halogens is 3. The van der Waals surface area contributed by atoms with E-state index in [0.717, 1.165) is 25.2 Å². The normalized spacial score (nSPS) is 18.6. The van der Waals surface area contributed by atoms with Crippen LogP contribution in [0.2, 0.25) is 0 Å². The van der Waals surface area contributed by atoms with Crippen LogP contribution >= 0.6 is 12.4 Å². The summed E-state index contributed by atoms with van der Waals surface area (Å²) >= 11 is 0. The maximum Gasteiger partial charge on any atom is 0.341 e. The Morgan fingerprint density at radius 1 is 1.35 bits per heavy atom. The molecule has 1 fully saturated rings. The van der Waals surface area contributed by atoms with Crippen molar-refractivity contribution in [1.82, 2.24) is 10.2 Å². The molecule has 0 aromatic heterocycles. The molecular formula is C14H19ClF2N2O3S. The number of hydrogen-bond donors (Lipinski definition) is 1. The Balaban J connectivity index is 0.00000264. The van der Waals surface area contributed by atoms with Gasteiger partial charge in [0.15, 0.2) is 0 Å². The third kappa shape index (κ3) is 4.62. The van der Waals surface area contributed by atoms with Crippen molar-refractivity contribution in [2.45, 2.75) is 30.0 Å². The number of carbonyl (C=O) groups is 1. The summed E-state index contributed by atoms with van der Waals surface area (Å²) in [7, 11) is -4.59. The number of sulfone groups is 1. The molecule has 1 N–H and O–H groups in total. The SMILES string of the molecule is C[C@H]1CNCCN1C(=O)Cc1ccc(S(=O)(=O)C(F)F)cc1.Cl. The van der Waals surface area contributed by atoms with Gasteiger partial charge in [-0.05, 0) is 24.6 Å². The second-order valence-corrected chi connectivity index (χ2v) is 7.18. The Kier molecular flexibility index (Phi) is 6.91. The standard InChI is InChI=1S/C14H18F2N2O3S.ClH/c1-10-9-17-6-7-18(10)13(19)8-11-2-4-12(5-3-11)22(20,21)14(15)16;/h2-5,10,14,17H,6-9H2,1H3;1H/t10-;/m0./s1. The van der Waals surface area contributed by atoms with E-state index in [9.17, 15) is 22.0 Å². The van der Waals surface area contributed by atoms with Crippen LogP contribution in [0, 0.1) is 0 Å². The lowest BCUT2D eigenvalue weighted by Gasteiger charge is -2.34. The lowest BCUT2D eigenvalue weighted by Crippen LogP contribution is -2.52. The van der Waals surface area contributed by atoms with Crippen molar-refractivity contribution < 1.29 is 22.0 Å². The largest absolute Gasteiger partial charge is 0.341 e. The summed E-state index contributed by atoms with van der Waals surface area (Å²) in [6, 6.07) is 5.14. The number of piperazine rings is 1. The number of benzene rings is 1. The Labute approximate surface area is 140 Å². The molecule has 1 heterocycles. The highest BCUT2D eigenvalue weighted by Crippen LogP contribution is 2.19. The number of nitrogens with zero attached hydrogens (tertiary/aromatic N) is 1. The zero-order valence-corrected chi connectivity index (χ0v) is 14.2. The molecule has 0 saturated carbocycles. The van der Waals surface area contributed by atoms with E-state index in [2.05, 4.69) is 5.32 Å². The fourth-order valence-electron chi connectivity index (χ4n) is 2.39. The van der Waals surface area contributed by atoms with Crippen LogP contribution < -0.4 is 5.32 Å². The van der Waals surface area contributed by atoms with Gasteiger partial charge in [0, 0.05) is 25.7 Å². The minimum Gasteiger partial charge on any atom is -0.337 e. The van der Waals surface area contributed by atoms with Gasteiger partial charge in [0.05, 0.1) is 11.3 Å². The quantitative estimate of drug-likeness (QED) is 0.874. The summed E-state index contributed by atoms with van der Waals surface area (Å²) in [6.07, 6.45) is 0.124. The van der Waals surface area contributed by atoms with E-state index in [1.807, 2.05) is 6.92 Å². The van der Waals surface area contributed by atoms with Crippen molar-refractivity contribution >= 4 is 28.2 Å². The van der Waals surface area contributed by atoms with Crippen LogP contribution in [0.25, 0.3) is 0 Å². The average molecular weight is 369 g/mol. The summed E-state index contributed by atoms with van der Waals surface area (Å²) in [5, 5.41) is 3.19. The number of rotatable bonds is 4. The highest BCUT2D eigenvalue weighted by molar-refractivity contribution is 7.91.